The molecule has 2 saturated heterocycles. The first-order chi connectivity index (χ1) is 10.3. The fourth-order valence-electron chi connectivity index (χ4n) is 3.24. The van der Waals surface area contributed by atoms with Gasteiger partial charge in [-0.3, -0.25) is 4.90 Å². The van der Waals surface area contributed by atoms with Crippen molar-refractivity contribution in [2.75, 3.05) is 44.3 Å². The van der Waals surface area contributed by atoms with Gasteiger partial charge in [0.15, 0.2) is 0 Å². The van der Waals surface area contributed by atoms with Gasteiger partial charge in [0.05, 0.1) is 30.7 Å². The number of aromatic nitrogens is 2. The molecule has 0 aromatic carbocycles. The molecule has 0 aliphatic carbocycles. The fraction of sp³-hybridized carbons (Fsp3) is 0.571. The second-order valence-corrected chi connectivity index (χ2v) is 6.42. The van der Waals surface area contributed by atoms with E-state index in [2.05, 4.69) is 25.8 Å². The molecular formula is C14H18N4O2S. The molecule has 21 heavy (non-hydrogen) atoms. The molecule has 0 amide bonds. The maximum atomic E-state index is 10.4. The third-order valence-corrected chi connectivity index (χ3v) is 5.13. The summed E-state index contributed by atoms with van der Waals surface area (Å²) in [7, 11) is 0. The Labute approximate surface area is 127 Å². The normalized spacial score (nSPS) is 27.6. The predicted octanol–water partition coefficient (Wildman–Crippen LogP) is 0.573. The maximum Gasteiger partial charge on any atom is 0.140 e. The second kappa shape index (κ2) is 5.49. The van der Waals surface area contributed by atoms with Crippen LogP contribution in [0.2, 0.25) is 0 Å². The van der Waals surface area contributed by atoms with E-state index in [1.807, 2.05) is 5.38 Å². The number of hydrogen-bond donors (Lipinski definition) is 1. The number of anilines is 1. The largest absolute Gasteiger partial charge is 0.390 e. The number of morpholine rings is 1. The van der Waals surface area contributed by atoms with Gasteiger partial charge in [-0.25, -0.2) is 9.97 Å². The van der Waals surface area contributed by atoms with E-state index in [0.717, 1.165) is 48.9 Å². The topological polar surface area (TPSA) is 61.7 Å². The molecule has 0 unspecified atom stereocenters. The van der Waals surface area contributed by atoms with E-state index in [-0.39, 0.29) is 12.1 Å². The zero-order valence-corrected chi connectivity index (χ0v) is 12.5. The molecule has 7 heteroatoms. The van der Waals surface area contributed by atoms with E-state index in [1.54, 1.807) is 17.7 Å². The van der Waals surface area contributed by atoms with Crippen molar-refractivity contribution in [1.82, 2.24) is 14.9 Å². The highest BCUT2D eigenvalue weighted by Crippen LogP contribution is 2.30. The summed E-state index contributed by atoms with van der Waals surface area (Å²) in [5.74, 6) is 0.941. The number of aliphatic hydroxyl groups is 1. The van der Waals surface area contributed by atoms with Crippen molar-refractivity contribution in [3.05, 3.63) is 17.8 Å². The Bertz CT molecular complexity index is 628. The minimum Gasteiger partial charge on any atom is -0.390 e. The molecule has 2 aliphatic heterocycles. The summed E-state index contributed by atoms with van der Waals surface area (Å²) >= 11 is 1.62. The summed E-state index contributed by atoms with van der Waals surface area (Å²) in [4.78, 5) is 14.3. The van der Waals surface area contributed by atoms with Crippen LogP contribution < -0.4 is 4.90 Å². The van der Waals surface area contributed by atoms with Crippen molar-refractivity contribution < 1.29 is 9.84 Å². The van der Waals surface area contributed by atoms with Crippen LogP contribution in [0.1, 0.15) is 0 Å². The Morgan fingerprint density at radius 3 is 2.95 bits per heavy atom. The van der Waals surface area contributed by atoms with Crippen molar-refractivity contribution in [2.24, 2.45) is 0 Å². The van der Waals surface area contributed by atoms with Gasteiger partial charge in [-0.1, -0.05) is 0 Å². The first kappa shape index (κ1) is 13.4. The average molecular weight is 306 g/mol. The van der Waals surface area contributed by atoms with E-state index < -0.39 is 0 Å². The van der Waals surface area contributed by atoms with Gasteiger partial charge >= 0.3 is 0 Å². The Balaban J connectivity index is 1.58. The third kappa shape index (κ3) is 2.40. The molecule has 0 bridgehead atoms. The number of nitrogens with zero attached hydrogens (tertiary/aromatic N) is 4. The summed E-state index contributed by atoms with van der Waals surface area (Å²) in [6, 6.07) is 2.22. The van der Waals surface area contributed by atoms with Crippen molar-refractivity contribution in [3.63, 3.8) is 0 Å². The number of thiophene rings is 1. The van der Waals surface area contributed by atoms with Gasteiger partial charge in [-0.2, -0.15) is 0 Å². The SMILES string of the molecule is O[C@H]1CN(c2ncnc3sccc23)C[C@@H]1N1CCOCC1. The first-order valence-electron chi connectivity index (χ1n) is 7.26. The van der Waals surface area contributed by atoms with Gasteiger partial charge in [-0.15, -0.1) is 11.3 Å². The molecule has 4 rings (SSSR count). The van der Waals surface area contributed by atoms with Gasteiger partial charge in [-0.05, 0) is 11.4 Å². The summed E-state index contributed by atoms with van der Waals surface area (Å²) < 4.78 is 5.40. The number of ether oxygens (including phenoxy) is 1. The van der Waals surface area contributed by atoms with Gasteiger partial charge < -0.3 is 14.7 Å². The van der Waals surface area contributed by atoms with Crippen LogP contribution in [-0.4, -0.2) is 71.5 Å². The van der Waals surface area contributed by atoms with E-state index in [9.17, 15) is 5.11 Å². The van der Waals surface area contributed by atoms with Gasteiger partial charge in [0, 0.05) is 26.2 Å². The second-order valence-electron chi connectivity index (χ2n) is 5.52. The molecular weight excluding hydrogens is 288 g/mol. The molecule has 2 aromatic rings. The quantitative estimate of drug-likeness (QED) is 0.875. The zero-order valence-electron chi connectivity index (χ0n) is 11.7. The summed E-state index contributed by atoms with van der Waals surface area (Å²) in [5.41, 5.74) is 0. The maximum absolute atomic E-state index is 10.4. The van der Waals surface area contributed by atoms with Crippen LogP contribution >= 0.6 is 11.3 Å². The summed E-state index contributed by atoms with van der Waals surface area (Å²) in [5, 5.41) is 13.5. The van der Waals surface area contributed by atoms with Crippen LogP contribution in [-0.2, 0) is 4.74 Å². The highest BCUT2D eigenvalue weighted by molar-refractivity contribution is 7.16. The molecule has 0 spiro atoms. The molecule has 1 N–H and O–H groups in total. The standard InChI is InChI=1S/C14H18N4O2S/c19-12-8-18(7-11(12)17-2-4-20-5-3-17)13-10-1-6-21-14(10)16-9-15-13/h1,6,9,11-12,19H,2-5,7-8H2/t11-,12-/m0/s1. The average Bonchev–Trinajstić information content (AvgIpc) is 3.14. The molecule has 2 atom stereocenters. The number of hydrogen-bond acceptors (Lipinski definition) is 7. The monoisotopic (exact) mass is 306 g/mol. The van der Waals surface area contributed by atoms with Crippen LogP contribution in [0.4, 0.5) is 5.82 Å². The Hall–Kier alpha value is -1.28. The molecule has 2 aliphatic rings. The number of β-amino-alcohol motifs (C(OH)–C–C–N with tert-alkyl or cyclic N) is 1. The Morgan fingerprint density at radius 2 is 2.10 bits per heavy atom. The highest BCUT2D eigenvalue weighted by atomic mass is 32.1. The lowest BCUT2D eigenvalue weighted by Gasteiger charge is -2.33. The lowest BCUT2D eigenvalue weighted by Crippen LogP contribution is -2.48. The van der Waals surface area contributed by atoms with Crippen molar-refractivity contribution in [2.45, 2.75) is 12.1 Å². The van der Waals surface area contributed by atoms with E-state index in [0.29, 0.717) is 6.54 Å². The van der Waals surface area contributed by atoms with Crippen LogP contribution in [0.3, 0.4) is 0 Å². The molecule has 6 nitrogen and oxygen atoms in total. The third-order valence-electron chi connectivity index (χ3n) is 4.31. The van der Waals surface area contributed by atoms with Gasteiger partial charge in [0.1, 0.15) is 17.0 Å². The number of fused-ring (bicyclic) bond motifs is 1. The number of aliphatic hydroxyl groups excluding tert-OH is 1. The Kier molecular flexibility index (Phi) is 3.50. The van der Waals surface area contributed by atoms with Gasteiger partial charge in [0.25, 0.3) is 0 Å². The van der Waals surface area contributed by atoms with Crippen molar-refractivity contribution in [1.29, 1.82) is 0 Å². The Morgan fingerprint density at radius 1 is 1.24 bits per heavy atom. The van der Waals surface area contributed by atoms with Crippen molar-refractivity contribution >= 4 is 27.4 Å². The minimum atomic E-state index is -0.341. The predicted molar refractivity (Wildman–Crippen MR) is 81.8 cm³/mol. The van der Waals surface area contributed by atoms with Gasteiger partial charge in [0.2, 0.25) is 0 Å². The molecule has 4 heterocycles. The van der Waals surface area contributed by atoms with Crippen LogP contribution in [0.15, 0.2) is 17.8 Å². The van der Waals surface area contributed by atoms with Crippen LogP contribution in [0.5, 0.6) is 0 Å². The van der Waals surface area contributed by atoms with E-state index >= 15 is 0 Å². The smallest absolute Gasteiger partial charge is 0.140 e. The molecule has 2 aromatic heterocycles. The summed E-state index contributed by atoms with van der Waals surface area (Å²) in [6.45, 7) is 4.74. The van der Waals surface area contributed by atoms with E-state index in [1.165, 1.54) is 0 Å². The fourth-order valence-corrected chi connectivity index (χ4v) is 3.97. The van der Waals surface area contributed by atoms with E-state index in [4.69, 9.17) is 4.74 Å². The lowest BCUT2D eigenvalue weighted by atomic mass is 10.2. The van der Waals surface area contributed by atoms with Crippen LogP contribution in [0, 0.1) is 0 Å². The summed E-state index contributed by atoms with van der Waals surface area (Å²) in [6.07, 6.45) is 1.27. The lowest BCUT2D eigenvalue weighted by molar-refractivity contribution is -0.00588. The minimum absolute atomic E-state index is 0.164. The molecule has 0 saturated carbocycles. The van der Waals surface area contributed by atoms with Crippen LogP contribution in [0.25, 0.3) is 10.2 Å². The zero-order chi connectivity index (χ0) is 14.2. The molecule has 2 fully saturated rings. The number of rotatable bonds is 2. The molecule has 112 valence electrons. The first-order valence-corrected chi connectivity index (χ1v) is 8.14. The van der Waals surface area contributed by atoms with Crippen molar-refractivity contribution in [3.8, 4) is 0 Å². The highest BCUT2D eigenvalue weighted by Gasteiger charge is 2.37. The molecule has 0 radical (unpaired) electrons.